The van der Waals surface area contributed by atoms with Gasteiger partial charge in [-0.2, -0.15) is 0 Å². The number of urea groups is 1. The molecule has 1 atom stereocenters. The van der Waals surface area contributed by atoms with E-state index in [1.807, 2.05) is 20.8 Å². The van der Waals surface area contributed by atoms with Crippen molar-refractivity contribution in [3.05, 3.63) is 15.6 Å². The predicted octanol–water partition coefficient (Wildman–Crippen LogP) is 1.21. The van der Waals surface area contributed by atoms with Crippen molar-refractivity contribution in [2.45, 2.75) is 26.8 Å². The third kappa shape index (κ3) is 4.51. The van der Waals surface area contributed by atoms with Gasteiger partial charge in [0.25, 0.3) is 0 Å². The monoisotopic (exact) mass is 284 g/mol. The van der Waals surface area contributed by atoms with Crippen LogP contribution in [0.15, 0.2) is 0 Å². The Kier molecular flexibility index (Phi) is 5.29. The van der Waals surface area contributed by atoms with Crippen LogP contribution in [0.2, 0.25) is 0 Å². The molecule has 0 aliphatic rings. The van der Waals surface area contributed by atoms with E-state index in [9.17, 15) is 9.59 Å². The number of hydrogen-bond donors (Lipinski definition) is 2. The highest BCUT2D eigenvalue weighted by Gasteiger charge is 2.16. The molecule has 7 heteroatoms. The van der Waals surface area contributed by atoms with E-state index in [2.05, 4.69) is 15.6 Å². The molecular weight excluding hydrogens is 264 g/mol. The molecule has 2 N–H and O–H groups in total. The van der Waals surface area contributed by atoms with Gasteiger partial charge in [-0.25, -0.2) is 9.78 Å². The van der Waals surface area contributed by atoms with E-state index in [-0.39, 0.29) is 24.5 Å². The number of nitrogens with zero attached hydrogens (tertiary/aromatic N) is 2. The first-order chi connectivity index (χ1) is 8.81. The Morgan fingerprint density at radius 3 is 2.47 bits per heavy atom. The van der Waals surface area contributed by atoms with Crippen LogP contribution in [0, 0.1) is 13.8 Å². The van der Waals surface area contributed by atoms with E-state index in [0.29, 0.717) is 0 Å². The average Bonchev–Trinajstić information content (AvgIpc) is 2.65. The number of amides is 3. The minimum Gasteiger partial charge on any atom is -0.346 e. The van der Waals surface area contributed by atoms with Crippen LogP contribution >= 0.6 is 11.3 Å². The molecule has 0 aromatic carbocycles. The first-order valence-electron chi connectivity index (χ1n) is 5.99. The highest BCUT2D eigenvalue weighted by Crippen LogP contribution is 2.22. The molecule has 0 saturated carbocycles. The van der Waals surface area contributed by atoms with Crippen molar-refractivity contribution >= 4 is 23.3 Å². The standard InChI is InChI=1S/C12H20N4O2S/c1-7(11-8(2)19-9(3)15-11)14-10(17)6-13-12(18)16(4)5/h7H,6H2,1-5H3,(H,13,18)(H,14,17)/t7-/m1/s1. The summed E-state index contributed by atoms with van der Waals surface area (Å²) in [6, 6.07) is -0.447. The van der Waals surface area contributed by atoms with Gasteiger partial charge in [0.15, 0.2) is 0 Å². The molecule has 0 aliphatic carbocycles. The molecule has 19 heavy (non-hydrogen) atoms. The minimum atomic E-state index is -0.288. The zero-order chi connectivity index (χ0) is 14.6. The molecule has 0 aliphatic heterocycles. The first-order valence-corrected chi connectivity index (χ1v) is 6.81. The molecule has 0 unspecified atom stereocenters. The van der Waals surface area contributed by atoms with E-state index in [1.54, 1.807) is 25.4 Å². The Morgan fingerprint density at radius 2 is 2.00 bits per heavy atom. The van der Waals surface area contributed by atoms with Crippen LogP contribution in [0.1, 0.15) is 28.5 Å². The van der Waals surface area contributed by atoms with Crippen molar-refractivity contribution in [2.75, 3.05) is 20.6 Å². The molecule has 0 bridgehead atoms. The van der Waals surface area contributed by atoms with Crippen LogP contribution in [-0.2, 0) is 4.79 Å². The highest BCUT2D eigenvalue weighted by atomic mass is 32.1. The van der Waals surface area contributed by atoms with Gasteiger partial charge in [-0.15, -0.1) is 11.3 Å². The molecule has 1 heterocycles. The van der Waals surface area contributed by atoms with E-state index < -0.39 is 0 Å². The molecule has 0 spiro atoms. The number of hydrogen-bond acceptors (Lipinski definition) is 4. The lowest BCUT2D eigenvalue weighted by Gasteiger charge is -2.15. The third-order valence-electron chi connectivity index (χ3n) is 2.53. The van der Waals surface area contributed by atoms with Gasteiger partial charge in [0.05, 0.1) is 23.3 Å². The van der Waals surface area contributed by atoms with Gasteiger partial charge in [0.1, 0.15) is 0 Å². The van der Waals surface area contributed by atoms with Crippen molar-refractivity contribution in [1.82, 2.24) is 20.5 Å². The van der Waals surface area contributed by atoms with Gasteiger partial charge < -0.3 is 15.5 Å². The molecule has 1 aromatic rings. The predicted molar refractivity (Wildman–Crippen MR) is 75.2 cm³/mol. The number of carbonyl (C=O) groups excluding carboxylic acids is 2. The maximum absolute atomic E-state index is 11.7. The molecule has 3 amide bonds. The molecule has 106 valence electrons. The van der Waals surface area contributed by atoms with Crippen molar-refractivity contribution in [3.63, 3.8) is 0 Å². The number of aryl methyl sites for hydroxylation is 2. The van der Waals surface area contributed by atoms with E-state index in [1.165, 1.54) is 4.90 Å². The Hall–Kier alpha value is -1.63. The van der Waals surface area contributed by atoms with Crippen molar-refractivity contribution in [3.8, 4) is 0 Å². The summed E-state index contributed by atoms with van der Waals surface area (Å²) in [5, 5.41) is 6.31. The molecule has 6 nitrogen and oxygen atoms in total. The first kappa shape index (κ1) is 15.4. The topological polar surface area (TPSA) is 74.3 Å². The van der Waals surface area contributed by atoms with Crippen molar-refractivity contribution in [2.24, 2.45) is 0 Å². The summed E-state index contributed by atoms with van der Waals surface area (Å²) in [6.45, 7) is 5.76. The third-order valence-corrected chi connectivity index (χ3v) is 3.44. The number of thiazole rings is 1. The zero-order valence-electron chi connectivity index (χ0n) is 11.9. The lowest BCUT2D eigenvalue weighted by atomic mass is 10.2. The summed E-state index contributed by atoms with van der Waals surface area (Å²) < 4.78 is 0. The van der Waals surface area contributed by atoms with Crippen molar-refractivity contribution in [1.29, 1.82) is 0 Å². The fraction of sp³-hybridized carbons (Fsp3) is 0.583. The maximum atomic E-state index is 11.7. The lowest BCUT2D eigenvalue weighted by Crippen LogP contribution is -2.42. The second kappa shape index (κ2) is 6.51. The fourth-order valence-corrected chi connectivity index (χ4v) is 2.54. The van der Waals surface area contributed by atoms with Crippen LogP contribution < -0.4 is 10.6 Å². The van der Waals surface area contributed by atoms with Crippen molar-refractivity contribution < 1.29 is 9.59 Å². The Morgan fingerprint density at radius 1 is 1.37 bits per heavy atom. The second-order valence-corrected chi connectivity index (χ2v) is 5.92. The van der Waals surface area contributed by atoms with E-state index >= 15 is 0 Å². The van der Waals surface area contributed by atoms with Crippen LogP contribution in [0.5, 0.6) is 0 Å². The van der Waals surface area contributed by atoms with Gasteiger partial charge in [-0.05, 0) is 20.8 Å². The Labute approximate surface area is 117 Å². The fourth-order valence-electron chi connectivity index (χ4n) is 1.62. The summed E-state index contributed by atoms with van der Waals surface area (Å²) in [5.41, 5.74) is 0.884. The van der Waals surface area contributed by atoms with Crippen LogP contribution in [-0.4, -0.2) is 42.5 Å². The molecular formula is C12H20N4O2S. The largest absolute Gasteiger partial charge is 0.346 e. The molecule has 0 radical (unpaired) electrons. The quantitative estimate of drug-likeness (QED) is 0.872. The zero-order valence-corrected chi connectivity index (χ0v) is 12.7. The lowest BCUT2D eigenvalue weighted by molar-refractivity contribution is -0.120. The van der Waals surface area contributed by atoms with E-state index in [4.69, 9.17) is 0 Å². The number of nitrogens with one attached hydrogen (secondary N) is 2. The minimum absolute atomic E-state index is 0.0382. The second-order valence-electron chi connectivity index (χ2n) is 4.52. The smallest absolute Gasteiger partial charge is 0.317 e. The van der Waals surface area contributed by atoms with Gasteiger partial charge in [-0.1, -0.05) is 0 Å². The van der Waals surface area contributed by atoms with Gasteiger partial charge >= 0.3 is 6.03 Å². The Balaban J connectivity index is 2.48. The molecule has 1 rings (SSSR count). The Bertz CT molecular complexity index is 470. The van der Waals surface area contributed by atoms with Gasteiger partial charge in [0.2, 0.25) is 5.91 Å². The molecule has 0 saturated heterocycles. The number of aromatic nitrogens is 1. The van der Waals surface area contributed by atoms with Crippen LogP contribution in [0.4, 0.5) is 4.79 Å². The number of rotatable bonds is 4. The molecule has 1 aromatic heterocycles. The summed E-state index contributed by atoms with van der Waals surface area (Å²) in [5.74, 6) is -0.229. The van der Waals surface area contributed by atoms with Crippen LogP contribution in [0.25, 0.3) is 0 Å². The highest BCUT2D eigenvalue weighted by molar-refractivity contribution is 7.11. The summed E-state index contributed by atoms with van der Waals surface area (Å²) in [4.78, 5) is 29.9. The summed E-state index contributed by atoms with van der Waals surface area (Å²) in [6.07, 6.45) is 0. The summed E-state index contributed by atoms with van der Waals surface area (Å²) >= 11 is 1.61. The average molecular weight is 284 g/mol. The van der Waals surface area contributed by atoms with Gasteiger partial charge in [0, 0.05) is 19.0 Å². The van der Waals surface area contributed by atoms with E-state index in [0.717, 1.165) is 15.6 Å². The SMILES string of the molecule is Cc1nc([C@@H](C)NC(=O)CNC(=O)N(C)C)c(C)s1. The number of carbonyl (C=O) groups is 2. The normalized spacial score (nSPS) is 11.8. The molecule has 0 fully saturated rings. The maximum Gasteiger partial charge on any atom is 0.317 e. The van der Waals surface area contributed by atoms with Gasteiger partial charge in [-0.3, -0.25) is 4.79 Å². The van der Waals surface area contributed by atoms with Crippen LogP contribution in [0.3, 0.4) is 0 Å². The summed E-state index contributed by atoms with van der Waals surface area (Å²) in [7, 11) is 3.24.